The van der Waals surface area contributed by atoms with Crippen LogP contribution < -0.4 is 10.6 Å². The van der Waals surface area contributed by atoms with E-state index in [4.69, 9.17) is 6.42 Å². The highest BCUT2D eigenvalue weighted by Gasteiger charge is 2.11. The lowest BCUT2D eigenvalue weighted by atomic mass is 10.2. The first-order valence-electron chi connectivity index (χ1n) is 4.55. The predicted molar refractivity (Wildman–Crippen MR) is 54.2 cm³/mol. The van der Waals surface area contributed by atoms with Crippen LogP contribution in [-0.4, -0.2) is 24.5 Å². The zero-order valence-corrected chi connectivity index (χ0v) is 8.55. The molecule has 3 nitrogen and oxygen atoms in total. The van der Waals surface area contributed by atoms with Crippen LogP contribution in [0.25, 0.3) is 0 Å². The van der Waals surface area contributed by atoms with Crippen molar-refractivity contribution in [3.63, 3.8) is 0 Å². The van der Waals surface area contributed by atoms with E-state index in [0.29, 0.717) is 13.0 Å². The molecule has 74 valence electrons. The Bertz CT molecular complexity index is 194. The predicted octanol–water partition coefficient (Wildman–Crippen LogP) is 0.512. The van der Waals surface area contributed by atoms with Gasteiger partial charge in [-0.1, -0.05) is 0 Å². The zero-order chi connectivity index (χ0) is 10.3. The van der Waals surface area contributed by atoms with Crippen LogP contribution in [0.2, 0.25) is 0 Å². The number of carbonyl (C=O) groups is 1. The van der Waals surface area contributed by atoms with Crippen LogP contribution in [0.5, 0.6) is 0 Å². The van der Waals surface area contributed by atoms with Crippen LogP contribution in [0, 0.1) is 12.3 Å². The van der Waals surface area contributed by atoms with Crippen molar-refractivity contribution in [2.75, 3.05) is 6.54 Å². The number of terminal acetylenes is 1. The molecule has 0 aliphatic rings. The number of rotatable bonds is 5. The molecule has 0 aliphatic carbocycles. The smallest absolute Gasteiger partial charge is 0.237 e. The third-order valence-corrected chi connectivity index (χ3v) is 1.54. The number of hydrogen-bond acceptors (Lipinski definition) is 2. The van der Waals surface area contributed by atoms with E-state index >= 15 is 0 Å². The summed E-state index contributed by atoms with van der Waals surface area (Å²) in [5, 5.41) is 5.85. The molecule has 3 heteroatoms. The summed E-state index contributed by atoms with van der Waals surface area (Å²) in [5.41, 5.74) is 0. The third-order valence-electron chi connectivity index (χ3n) is 1.54. The second kappa shape index (κ2) is 6.50. The lowest BCUT2D eigenvalue weighted by Gasteiger charge is -2.15. The Morgan fingerprint density at radius 3 is 2.54 bits per heavy atom. The van der Waals surface area contributed by atoms with Gasteiger partial charge in [0.05, 0.1) is 6.04 Å². The molecular weight excluding hydrogens is 164 g/mol. The van der Waals surface area contributed by atoms with Crippen LogP contribution in [0.4, 0.5) is 0 Å². The summed E-state index contributed by atoms with van der Waals surface area (Å²) in [6.45, 7) is 6.38. The Hall–Kier alpha value is -1.01. The van der Waals surface area contributed by atoms with Crippen LogP contribution in [0.15, 0.2) is 0 Å². The van der Waals surface area contributed by atoms with Gasteiger partial charge in [0.25, 0.3) is 0 Å². The van der Waals surface area contributed by atoms with E-state index in [2.05, 4.69) is 16.6 Å². The van der Waals surface area contributed by atoms with Gasteiger partial charge in [0.2, 0.25) is 5.91 Å². The monoisotopic (exact) mass is 182 g/mol. The molecule has 0 heterocycles. The molecule has 0 fully saturated rings. The van der Waals surface area contributed by atoms with E-state index in [1.807, 2.05) is 20.8 Å². The van der Waals surface area contributed by atoms with Crippen molar-refractivity contribution in [3.05, 3.63) is 0 Å². The fraction of sp³-hybridized carbons (Fsp3) is 0.700. The lowest BCUT2D eigenvalue weighted by Crippen LogP contribution is -2.44. The maximum atomic E-state index is 11.3. The molecule has 1 amide bonds. The Morgan fingerprint density at radius 2 is 2.08 bits per heavy atom. The summed E-state index contributed by atoms with van der Waals surface area (Å²) in [5.74, 6) is 2.53. The molecule has 0 rings (SSSR count). The fourth-order valence-corrected chi connectivity index (χ4v) is 0.863. The van der Waals surface area contributed by atoms with E-state index in [0.717, 1.165) is 0 Å². The van der Waals surface area contributed by atoms with Gasteiger partial charge >= 0.3 is 0 Å². The van der Waals surface area contributed by atoms with Crippen molar-refractivity contribution < 1.29 is 4.79 Å². The minimum atomic E-state index is -0.171. The molecule has 0 aromatic heterocycles. The number of hydrogen-bond donors (Lipinski definition) is 2. The van der Waals surface area contributed by atoms with Gasteiger partial charge < -0.3 is 10.6 Å². The molecule has 1 atom stereocenters. The summed E-state index contributed by atoms with van der Waals surface area (Å²) in [4.78, 5) is 11.3. The first-order chi connectivity index (χ1) is 6.07. The Labute approximate surface area is 80.3 Å². The zero-order valence-electron chi connectivity index (χ0n) is 8.55. The van der Waals surface area contributed by atoms with Gasteiger partial charge in [0.15, 0.2) is 0 Å². The van der Waals surface area contributed by atoms with Gasteiger partial charge in [0.1, 0.15) is 0 Å². The highest BCUT2D eigenvalue weighted by molar-refractivity contribution is 5.81. The second-order valence-corrected chi connectivity index (χ2v) is 3.29. The quantitative estimate of drug-likeness (QED) is 0.480. The van der Waals surface area contributed by atoms with Crippen molar-refractivity contribution in [2.45, 2.75) is 39.3 Å². The van der Waals surface area contributed by atoms with Crippen LogP contribution >= 0.6 is 0 Å². The lowest BCUT2D eigenvalue weighted by molar-refractivity contribution is -0.123. The standard InChI is InChI=1S/C10H18N2O/c1-5-6-7-11-9(4)10(13)12-8(2)3/h1,8-9,11H,6-7H2,2-4H3,(H,12,13). The van der Waals surface area contributed by atoms with Gasteiger partial charge in [-0.25, -0.2) is 0 Å². The molecule has 0 saturated heterocycles. The van der Waals surface area contributed by atoms with E-state index < -0.39 is 0 Å². The van der Waals surface area contributed by atoms with E-state index in [9.17, 15) is 4.79 Å². The third kappa shape index (κ3) is 6.18. The first-order valence-corrected chi connectivity index (χ1v) is 4.55. The molecule has 0 bridgehead atoms. The van der Waals surface area contributed by atoms with Crippen molar-refractivity contribution in [2.24, 2.45) is 0 Å². The topological polar surface area (TPSA) is 41.1 Å². The molecule has 13 heavy (non-hydrogen) atoms. The Kier molecular flexibility index (Phi) is 5.99. The summed E-state index contributed by atoms with van der Waals surface area (Å²) in [6, 6.07) is 0.0140. The average molecular weight is 182 g/mol. The molecule has 0 spiro atoms. The van der Waals surface area contributed by atoms with E-state index in [1.165, 1.54) is 0 Å². The minimum absolute atomic E-state index is 0.0204. The number of carbonyl (C=O) groups excluding carboxylic acids is 1. The maximum Gasteiger partial charge on any atom is 0.237 e. The average Bonchev–Trinajstić information content (AvgIpc) is 2.03. The summed E-state index contributed by atoms with van der Waals surface area (Å²) >= 11 is 0. The van der Waals surface area contributed by atoms with Gasteiger partial charge in [-0.05, 0) is 20.8 Å². The van der Waals surface area contributed by atoms with Crippen LogP contribution in [0.3, 0.4) is 0 Å². The molecular formula is C10H18N2O. The largest absolute Gasteiger partial charge is 0.353 e. The van der Waals surface area contributed by atoms with Crippen molar-refractivity contribution in [1.29, 1.82) is 0 Å². The van der Waals surface area contributed by atoms with Crippen LogP contribution in [-0.2, 0) is 4.79 Å². The molecule has 2 N–H and O–H groups in total. The van der Waals surface area contributed by atoms with E-state index in [-0.39, 0.29) is 18.0 Å². The maximum absolute atomic E-state index is 11.3. The SMILES string of the molecule is C#CCCNC(C)C(=O)NC(C)C. The fourth-order valence-electron chi connectivity index (χ4n) is 0.863. The second-order valence-electron chi connectivity index (χ2n) is 3.29. The highest BCUT2D eigenvalue weighted by atomic mass is 16.2. The number of nitrogens with one attached hydrogen (secondary N) is 2. The molecule has 0 radical (unpaired) electrons. The normalized spacial score (nSPS) is 12.2. The summed E-state index contributed by atoms with van der Waals surface area (Å²) in [6.07, 6.45) is 5.73. The first kappa shape index (κ1) is 12.0. The summed E-state index contributed by atoms with van der Waals surface area (Å²) in [7, 11) is 0. The molecule has 0 aromatic rings. The molecule has 1 unspecified atom stereocenters. The summed E-state index contributed by atoms with van der Waals surface area (Å²) < 4.78 is 0. The minimum Gasteiger partial charge on any atom is -0.353 e. The van der Waals surface area contributed by atoms with Crippen molar-refractivity contribution >= 4 is 5.91 Å². The molecule has 0 aliphatic heterocycles. The van der Waals surface area contributed by atoms with Crippen molar-refractivity contribution in [3.8, 4) is 12.3 Å². The van der Waals surface area contributed by atoms with Gasteiger partial charge in [0, 0.05) is 19.0 Å². The Balaban J connectivity index is 3.64. The van der Waals surface area contributed by atoms with Crippen LogP contribution in [0.1, 0.15) is 27.2 Å². The Morgan fingerprint density at radius 1 is 1.46 bits per heavy atom. The molecule has 0 aromatic carbocycles. The van der Waals surface area contributed by atoms with Gasteiger partial charge in [-0.15, -0.1) is 12.3 Å². The number of amides is 1. The van der Waals surface area contributed by atoms with E-state index in [1.54, 1.807) is 0 Å². The van der Waals surface area contributed by atoms with Gasteiger partial charge in [-0.3, -0.25) is 4.79 Å². The van der Waals surface area contributed by atoms with Crippen molar-refractivity contribution in [1.82, 2.24) is 10.6 Å². The van der Waals surface area contributed by atoms with Gasteiger partial charge in [-0.2, -0.15) is 0 Å². The molecule has 0 saturated carbocycles. The highest BCUT2D eigenvalue weighted by Crippen LogP contribution is 1.85.